The largest absolute Gasteiger partial charge is 0.495 e. The minimum atomic E-state index is -3.92. The van der Waals surface area contributed by atoms with E-state index in [2.05, 4.69) is 14.9 Å². The first kappa shape index (κ1) is 14.7. The number of halogens is 1. The highest BCUT2D eigenvalue weighted by Crippen LogP contribution is 2.29. The normalized spacial score (nSPS) is 11.1. The van der Waals surface area contributed by atoms with Gasteiger partial charge in [0, 0.05) is 22.4 Å². The van der Waals surface area contributed by atoms with Gasteiger partial charge in [0.1, 0.15) is 15.5 Å². The van der Waals surface area contributed by atoms with Crippen molar-refractivity contribution in [1.29, 1.82) is 0 Å². The molecule has 0 fully saturated rings. The lowest BCUT2D eigenvalue weighted by Crippen LogP contribution is -2.10. The average molecular weight is 334 g/mol. The van der Waals surface area contributed by atoms with Gasteiger partial charge in [-0.15, -0.1) is 5.10 Å². The fourth-order valence-electron chi connectivity index (χ4n) is 1.41. The van der Waals surface area contributed by atoms with Crippen LogP contribution in [0.3, 0.4) is 0 Å². The molecule has 0 aliphatic rings. The third-order valence-electron chi connectivity index (χ3n) is 2.27. The van der Waals surface area contributed by atoms with Crippen molar-refractivity contribution < 1.29 is 17.9 Å². The Bertz CT molecular complexity index is 731. The molecule has 10 heteroatoms. The minimum absolute atomic E-state index is 0.0419. The Kier molecular flexibility index (Phi) is 4.21. The predicted octanol–water partition coefficient (Wildman–Crippen LogP) is 1.73. The van der Waals surface area contributed by atoms with Crippen LogP contribution in [-0.4, -0.2) is 31.0 Å². The molecule has 0 atom stereocenters. The SMILES string of the molecule is COc1cc(NC(=O)c2cnns2)ccc1S(=O)(=O)Cl. The van der Waals surface area contributed by atoms with Crippen LogP contribution in [0.5, 0.6) is 5.75 Å². The summed E-state index contributed by atoms with van der Waals surface area (Å²) in [6.07, 6.45) is 1.33. The van der Waals surface area contributed by atoms with E-state index in [-0.39, 0.29) is 10.6 Å². The molecule has 0 bridgehead atoms. The fraction of sp³-hybridized carbons (Fsp3) is 0.100. The Hall–Kier alpha value is -1.71. The molecular weight excluding hydrogens is 326 g/mol. The van der Waals surface area contributed by atoms with Crippen LogP contribution in [0.1, 0.15) is 9.67 Å². The molecule has 0 saturated heterocycles. The Labute approximate surface area is 123 Å². The molecule has 0 radical (unpaired) electrons. The standard InChI is InChI=1S/C10H8ClN3O4S2/c1-18-7-4-6(2-3-9(7)20(11,16)17)13-10(15)8-5-12-14-19-8/h2-5H,1H3,(H,13,15). The lowest BCUT2D eigenvalue weighted by atomic mass is 10.3. The lowest BCUT2D eigenvalue weighted by Gasteiger charge is -2.09. The van der Waals surface area contributed by atoms with Gasteiger partial charge >= 0.3 is 0 Å². The molecule has 1 amide bonds. The van der Waals surface area contributed by atoms with Crippen molar-refractivity contribution in [3.05, 3.63) is 29.3 Å². The highest BCUT2D eigenvalue weighted by Gasteiger charge is 2.18. The van der Waals surface area contributed by atoms with Crippen molar-refractivity contribution in [1.82, 2.24) is 9.59 Å². The van der Waals surface area contributed by atoms with Crippen LogP contribution in [-0.2, 0) is 9.05 Å². The number of benzene rings is 1. The number of amides is 1. The lowest BCUT2D eigenvalue weighted by molar-refractivity contribution is 0.103. The van der Waals surface area contributed by atoms with Crippen LogP contribution >= 0.6 is 22.2 Å². The van der Waals surface area contributed by atoms with Crippen LogP contribution in [0.15, 0.2) is 29.3 Å². The number of nitrogens with one attached hydrogen (secondary N) is 1. The number of rotatable bonds is 4. The summed E-state index contributed by atoms with van der Waals surface area (Å²) in [5.41, 5.74) is 0.365. The van der Waals surface area contributed by atoms with E-state index in [4.69, 9.17) is 15.4 Å². The van der Waals surface area contributed by atoms with Gasteiger partial charge in [0.2, 0.25) is 0 Å². The number of ether oxygens (including phenoxy) is 1. The van der Waals surface area contributed by atoms with Crippen LogP contribution < -0.4 is 10.1 Å². The first-order valence-electron chi connectivity index (χ1n) is 5.13. The first-order valence-corrected chi connectivity index (χ1v) is 8.21. The van der Waals surface area contributed by atoms with Gasteiger partial charge in [-0.2, -0.15) is 0 Å². The van der Waals surface area contributed by atoms with Gasteiger partial charge in [0.25, 0.3) is 15.0 Å². The van der Waals surface area contributed by atoms with E-state index in [1.54, 1.807) is 0 Å². The second kappa shape index (κ2) is 5.73. The number of nitrogens with zero attached hydrogens (tertiary/aromatic N) is 2. The van der Waals surface area contributed by atoms with Gasteiger partial charge < -0.3 is 10.1 Å². The summed E-state index contributed by atoms with van der Waals surface area (Å²) in [5.74, 6) is -0.358. The van der Waals surface area contributed by atoms with Gasteiger partial charge in [-0.1, -0.05) is 4.49 Å². The molecule has 106 valence electrons. The first-order chi connectivity index (χ1) is 9.41. The quantitative estimate of drug-likeness (QED) is 0.855. The molecular formula is C10H8ClN3O4S2. The summed E-state index contributed by atoms with van der Waals surface area (Å²) in [6, 6.07) is 4.02. The second-order valence-corrected chi connectivity index (χ2v) is 6.86. The van der Waals surface area contributed by atoms with Gasteiger partial charge in [-0.3, -0.25) is 4.79 Å². The summed E-state index contributed by atoms with van der Waals surface area (Å²) in [6.45, 7) is 0. The molecule has 0 aliphatic carbocycles. The highest BCUT2D eigenvalue weighted by molar-refractivity contribution is 8.13. The van der Waals surface area contributed by atoms with Crippen LogP contribution in [0.2, 0.25) is 0 Å². The zero-order chi connectivity index (χ0) is 14.8. The number of methoxy groups -OCH3 is 1. The third kappa shape index (κ3) is 3.24. The monoisotopic (exact) mass is 333 g/mol. The molecule has 1 heterocycles. The molecule has 7 nitrogen and oxygen atoms in total. The van der Waals surface area contributed by atoms with Crippen molar-refractivity contribution in [2.24, 2.45) is 0 Å². The summed E-state index contributed by atoms with van der Waals surface area (Å²) in [7, 11) is 2.66. The maximum absolute atomic E-state index is 11.8. The summed E-state index contributed by atoms with van der Waals surface area (Å²) in [4.78, 5) is 12.0. The highest BCUT2D eigenvalue weighted by atomic mass is 35.7. The maximum Gasteiger partial charge on any atom is 0.269 e. The van der Waals surface area contributed by atoms with Crippen molar-refractivity contribution in [2.45, 2.75) is 4.90 Å². The van der Waals surface area contributed by atoms with E-state index in [9.17, 15) is 13.2 Å². The predicted molar refractivity (Wildman–Crippen MR) is 73.9 cm³/mol. The van der Waals surface area contributed by atoms with Crippen LogP contribution in [0.25, 0.3) is 0 Å². The molecule has 1 N–H and O–H groups in total. The molecule has 20 heavy (non-hydrogen) atoms. The Morgan fingerprint density at radius 1 is 1.45 bits per heavy atom. The van der Waals surface area contributed by atoms with Crippen molar-refractivity contribution >= 4 is 42.9 Å². The second-order valence-electron chi connectivity index (χ2n) is 3.54. The number of anilines is 1. The third-order valence-corrected chi connectivity index (χ3v) is 4.29. The molecule has 0 unspecified atom stereocenters. The van der Waals surface area contributed by atoms with Crippen molar-refractivity contribution in [2.75, 3.05) is 12.4 Å². The van der Waals surface area contributed by atoms with Crippen molar-refractivity contribution in [3.8, 4) is 5.75 Å². The molecule has 2 rings (SSSR count). The van der Waals surface area contributed by atoms with E-state index >= 15 is 0 Å². The van der Waals surface area contributed by atoms with Gasteiger partial charge in [0.15, 0.2) is 0 Å². The van der Waals surface area contributed by atoms with E-state index in [0.29, 0.717) is 10.6 Å². The Balaban J connectivity index is 2.29. The smallest absolute Gasteiger partial charge is 0.269 e. The van der Waals surface area contributed by atoms with Crippen LogP contribution in [0, 0.1) is 0 Å². The number of carbonyl (C=O) groups is 1. The summed E-state index contributed by atoms with van der Waals surface area (Å²) in [5, 5.41) is 6.12. The maximum atomic E-state index is 11.8. The summed E-state index contributed by atoms with van der Waals surface area (Å²) < 4.78 is 31.2. The van der Waals surface area contributed by atoms with Crippen LogP contribution in [0.4, 0.5) is 5.69 Å². The number of aromatic nitrogens is 2. The zero-order valence-corrected chi connectivity index (χ0v) is 12.4. The Morgan fingerprint density at radius 2 is 2.20 bits per heavy atom. The molecule has 0 saturated carbocycles. The van der Waals surface area contributed by atoms with Gasteiger partial charge in [0.05, 0.1) is 13.3 Å². The van der Waals surface area contributed by atoms with Crippen molar-refractivity contribution in [3.63, 3.8) is 0 Å². The number of hydrogen-bond acceptors (Lipinski definition) is 7. The average Bonchev–Trinajstić information content (AvgIpc) is 2.91. The fourth-order valence-corrected chi connectivity index (χ4v) is 2.81. The molecule has 1 aromatic heterocycles. The van der Waals surface area contributed by atoms with E-state index in [1.165, 1.54) is 31.5 Å². The molecule has 1 aromatic carbocycles. The van der Waals surface area contributed by atoms with E-state index in [0.717, 1.165) is 11.5 Å². The zero-order valence-electron chi connectivity index (χ0n) is 10.0. The number of carbonyl (C=O) groups excluding carboxylic acids is 1. The van der Waals surface area contributed by atoms with E-state index < -0.39 is 15.0 Å². The van der Waals surface area contributed by atoms with Gasteiger partial charge in [-0.05, 0) is 23.7 Å². The molecule has 0 aliphatic heterocycles. The topological polar surface area (TPSA) is 98.2 Å². The summed E-state index contributed by atoms with van der Waals surface area (Å²) >= 11 is 0.946. The van der Waals surface area contributed by atoms with E-state index in [1.807, 2.05) is 0 Å². The molecule has 2 aromatic rings. The minimum Gasteiger partial charge on any atom is -0.495 e. The number of hydrogen-bond donors (Lipinski definition) is 1. The Morgan fingerprint density at radius 3 is 2.75 bits per heavy atom. The molecule has 0 spiro atoms. The van der Waals surface area contributed by atoms with Gasteiger partial charge in [-0.25, -0.2) is 8.42 Å².